The molecule has 0 aliphatic heterocycles. The van der Waals surface area contributed by atoms with Gasteiger partial charge in [0.15, 0.2) is 5.69 Å². The van der Waals surface area contributed by atoms with Crippen molar-refractivity contribution in [2.75, 3.05) is 11.9 Å². The normalized spacial score (nSPS) is 11.6. The zero-order valence-electron chi connectivity index (χ0n) is 20.9. The van der Waals surface area contributed by atoms with E-state index in [4.69, 9.17) is 0 Å². The molecular weight excluding hydrogens is 484 g/mol. The van der Waals surface area contributed by atoms with Gasteiger partial charge >= 0.3 is 0 Å². The van der Waals surface area contributed by atoms with Crippen LogP contribution in [0.25, 0.3) is 32.9 Å². The summed E-state index contributed by atoms with van der Waals surface area (Å²) in [6.07, 6.45) is 0. The summed E-state index contributed by atoms with van der Waals surface area (Å²) in [5.74, 6) is -0.747. The molecular formula is C28H26N6O4. The summed E-state index contributed by atoms with van der Waals surface area (Å²) in [5, 5.41) is 28.4. The predicted molar refractivity (Wildman–Crippen MR) is 145 cm³/mol. The van der Waals surface area contributed by atoms with E-state index in [1.165, 1.54) is 4.68 Å². The lowest BCUT2D eigenvalue weighted by atomic mass is 10.0. The quantitative estimate of drug-likeness (QED) is 0.265. The van der Waals surface area contributed by atoms with E-state index in [0.717, 1.165) is 10.9 Å². The number of hydrogen-bond acceptors (Lipinski definition) is 6. The number of aliphatic hydroxyl groups is 1. The number of H-pyrrole nitrogens is 1. The monoisotopic (exact) mass is 510 g/mol. The maximum atomic E-state index is 13.2. The van der Waals surface area contributed by atoms with Crippen molar-refractivity contribution < 1.29 is 14.7 Å². The number of para-hydroxylation sites is 1. The van der Waals surface area contributed by atoms with Gasteiger partial charge in [0.05, 0.1) is 22.2 Å². The molecule has 2 heterocycles. The summed E-state index contributed by atoms with van der Waals surface area (Å²) in [6, 6.07) is 21.5. The molecule has 0 radical (unpaired) electrons. The Morgan fingerprint density at radius 2 is 1.61 bits per heavy atom. The lowest BCUT2D eigenvalue weighted by molar-refractivity contribution is -0.122. The van der Waals surface area contributed by atoms with Crippen LogP contribution in [0.2, 0.25) is 0 Å². The van der Waals surface area contributed by atoms with Gasteiger partial charge in [0, 0.05) is 28.6 Å². The van der Waals surface area contributed by atoms with E-state index >= 15 is 0 Å². The predicted octanol–water partition coefficient (Wildman–Crippen LogP) is 3.08. The van der Waals surface area contributed by atoms with Gasteiger partial charge in [0.25, 0.3) is 11.5 Å². The second-order valence-corrected chi connectivity index (χ2v) is 9.59. The molecule has 4 N–H and O–H groups in total. The number of fused-ring (bicyclic) bond motifs is 2. The van der Waals surface area contributed by atoms with E-state index in [1.54, 1.807) is 56.3 Å². The number of carbonyl (C=O) groups is 2. The largest absolute Gasteiger partial charge is 0.389 e. The maximum Gasteiger partial charge on any atom is 0.276 e. The Morgan fingerprint density at radius 1 is 0.947 bits per heavy atom. The number of anilines is 1. The Balaban J connectivity index is 1.37. The molecule has 0 aliphatic rings. The summed E-state index contributed by atoms with van der Waals surface area (Å²) in [5.41, 5.74) is 1.50. The van der Waals surface area contributed by atoms with Crippen molar-refractivity contribution in [3.8, 4) is 11.3 Å². The third-order valence-electron chi connectivity index (χ3n) is 6.00. The summed E-state index contributed by atoms with van der Waals surface area (Å²) in [7, 11) is 0. The first-order chi connectivity index (χ1) is 18.2. The minimum absolute atomic E-state index is 0.0960. The molecule has 0 bridgehead atoms. The third-order valence-corrected chi connectivity index (χ3v) is 6.00. The highest BCUT2D eigenvalue weighted by Gasteiger charge is 2.20. The molecule has 0 saturated carbocycles. The maximum absolute atomic E-state index is 13.2. The van der Waals surface area contributed by atoms with Crippen molar-refractivity contribution in [3.05, 3.63) is 88.8 Å². The van der Waals surface area contributed by atoms with Crippen molar-refractivity contribution in [1.82, 2.24) is 25.3 Å². The Morgan fingerprint density at radius 3 is 2.32 bits per heavy atom. The van der Waals surface area contributed by atoms with Crippen LogP contribution in [0, 0.1) is 0 Å². The standard InChI is InChI=1S/C28H26N6O4/c1-28(2,38)16-29-23(35)15-34-22-10-6-5-9-21(22)25(33-34)27(37)30-18-13-11-17(12-14-18)24-19-7-3-4-8-20(19)26(36)32-31-24/h3-14,38H,15-16H2,1-2H3,(H,29,35)(H,30,37)(H,32,36). The fourth-order valence-corrected chi connectivity index (χ4v) is 4.16. The van der Waals surface area contributed by atoms with Gasteiger partial charge in [-0.05, 0) is 38.1 Å². The fourth-order valence-electron chi connectivity index (χ4n) is 4.16. The van der Waals surface area contributed by atoms with Crippen molar-refractivity contribution in [1.29, 1.82) is 0 Å². The van der Waals surface area contributed by atoms with Crippen molar-refractivity contribution in [3.63, 3.8) is 0 Å². The number of hydrogen-bond donors (Lipinski definition) is 4. The Kier molecular flexibility index (Phi) is 6.48. The molecule has 38 heavy (non-hydrogen) atoms. The number of carbonyl (C=O) groups excluding carboxylic acids is 2. The highest BCUT2D eigenvalue weighted by molar-refractivity contribution is 6.11. The summed E-state index contributed by atoms with van der Waals surface area (Å²) in [4.78, 5) is 37.7. The highest BCUT2D eigenvalue weighted by Crippen LogP contribution is 2.26. The van der Waals surface area contributed by atoms with Crippen LogP contribution in [0.1, 0.15) is 24.3 Å². The summed E-state index contributed by atoms with van der Waals surface area (Å²) < 4.78 is 1.47. The van der Waals surface area contributed by atoms with Crippen LogP contribution in [-0.2, 0) is 11.3 Å². The average Bonchev–Trinajstić information content (AvgIpc) is 3.27. The Bertz CT molecular complexity index is 1710. The molecule has 2 amide bonds. The van der Waals surface area contributed by atoms with Crippen LogP contribution in [0.15, 0.2) is 77.6 Å². The number of amides is 2. The van der Waals surface area contributed by atoms with Crippen molar-refractivity contribution >= 4 is 39.2 Å². The lowest BCUT2D eigenvalue weighted by Crippen LogP contribution is -2.39. The van der Waals surface area contributed by atoms with Gasteiger partial charge < -0.3 is 15.7 Å². The van der Waals surface area contributed by atoms with Crippen molar-refractivity contribution in [2.24, 2.45) is 0 Å². The lowest BCUT2D eigenvalue weighted by Gasteiger charge is -2.17. The molecule has 10 heteroatoms. The van der Waals surface area contributed by atoms with Crippen LogP contribution >= 0.6 is 0 Å². The number of rotatable bonds is 7. The van der Waals surface area contributed by atoms with Gasteiger partial charge in [-0.1, -0.05) is 48.5 Å². The molecule has 5 aromatic rings. The first kappa shape index (κ1) is 24.8. The second-order valence-electron chi connectivity index (χ2n) is 9.59. The van der Waals surface area contributed by atoms with E-state index in [-0.39, 0.29) is 30.2 Å². The zero-order chi connectivity index (χ0) is 26.9. The molecule has 2 aromatic heterocycles. The van der Waals surface area contributed by atoms with Gasteiger partial charge in [-0.15, -0.1) is 0 Å². The van der Waals surface area contributed by atoms with E-state index in [2.05, 4.69) is 25.9 Å². The van der Waals surface area contributed by atoms with E-state index < -0.39 is 11.5 Å². The molecule has 0 aliphatic carbocycles. The molecule has 5 rings (SSSR count). The van der Waals surface area contributed by atoms with Gasteiger partial charge in [-0.25, -0.2) is 5.10 Å². The van der Waals surface area contributed by atoms with Gasteiger partial charge in [-0.2, -0.15) is 10.2 Å². The van der Waals surface area contributed by atoms with Gasteiger partial charge in [-0.3, -0.25) is 19.1 Å². The fraction of sp³-hybridized carbons (Fsp3) is 0.179. The van der Waals surface area contributed by atoms with Crippen LogP contribution in [-0.4, -0.2) is 49.0 Å². The average molecular weight is 511 g/mol. The second kappa shape index (κ2) is 9.91. The molecule has 0 fully saturated rings. The number of nitrogens with one attached hydrogen (secondary N) is 3. The topological polar surface area (TPSA) is 142 Å². The smallest absolute Gasteiger partial charge is 0.276 e. The first-order valence-corrected chi connectivity index (χ1v) is 12.0. The minimum atomic E-state index is -1.04. The number of aromatic nitrogens is 4. The molecule has 0 spiro atoms. The molecule has 192 valence electrons. The first-order valence-electron chi connectivity index (χ1n) is 12.0. The van der Waals surface area contributed by atoms with Crippen molar-refractivity contribution in [2.45, 2.75) is 26.0 Å². The summed E-state index contributed by atoms with van der Waals surface area (Å²) >= 11 is 0. The van der Waals surface area contributed by atoms with Gasteiger partial charge in [0.2, 0.25) is 5.91 Å². The molecule has 3 aromatic carbocycles. The third kappa shape index (κ3) is 5.16. The number of benzene rings is 3. The minimum Gasteiger partial charge on any atom is -0.389 e. The Labute approximate surface area is 217 Å². The number of nitrogens with zero attached hydrogens (tertiary/aromatic N) is 3. The highest BCUT2D eigenvalue weighted by atomic mass is 16.3. The molecule has 0 saturated heterocycles. The molecule has 0 unspecified atom stereocenters. The van der Waals surface area contributed by atoms with Crippen LogP contribution in [0.4, 0.5) is 5.69 Å². The zero-order valence-corrected chi connectivity index (χ0v) is 20.9. The van der Waals surface area contributed by atoms with Gasteiger partial charge in [0.1, 0.15) is 6.54 Å². The van der Waals surface area contributed by atoms with Crippen LogP contribution in [0.5, 0.6) is 0 Å². The molecule has 10 nitrogen and oxygen atoms in total. The van der Waals surface area contributed by atoms with E-state index in [9.17, 15) is 19.5 Å². The van der Waals surface area contributed by atoms with E-state index in [1.807, 2.05) is 30.3 Å². The van der Waals surface area contributed by atoms with E-state index in [0.29, 0.717) is 27.7 Å². The molecule has 0 atom stereocenters. The van der Waals surface area contributed by atoms with Crippen LogP contribution < -0.4 is 16.2 Å². The van der Waals surface area contributed by atoms with Crippen LogP contribution in [0.3, 0.4) is 0 Å². The SMILES string of the molecule is CC(C)(O)CNC(=O)Cn1nc(C(=O)Nc2ccc(-c3n[nH]c(=O)c4ccccc34)cc2)c2ccccc21. The number of aromatic amines is 1. The summed E-state index contributed by atoms with van der Waals surface area (Å²) in [6.45, 7) is 3.20. The Hall–Kier alpha value is -4.83.